The van der Waals surface area contributed by atoms with Crippen molar-refractivity contribution in [3.8, 4) is 0 Å². The van der Waals surface area contributed by atoms with Crippen molar-refractivity contribution >= 4 is 23.7 Å². The maximum atomic E-state index is 4.03. The zero-order valence-electron chi connectivity index (χ0n) is 6.14. The molecule has 0 amide bonds. The highest BCUT2D eigenvalue weighted by Crippen LogP contribution is 2.01. The number of aromatic nitrogens is 4. The summed E-state index contributed by atoms with van der Waals surface area (Å²) in [5, 5.41) is 0. The fourth-order valence-corrected chi connectivity index (χ4v) is 1.19. The third-order valence-electron chi connectivity index (χ3n) is 1.31. The van der Waals surface area contributed by atoms with Crippen LogP contribution in [-0.4, -0.2) is 19.3 Å². The van der Waals surface area contributed by atoms with Gasteiger partial charge < -0.3 is 4.98 Å². The molecule has 0 unspecified atom stereocenters. The second kappa shape index (κ2) is 3.27. The van der Waals surface area contributed by atoms with E-state index in [4.69, 9.17) is 0 Å². The molecule has 0 fully saturated rings. The molecule has 5 heteroatoms. The Hall–Kier alpha value is -1.49. The van der Waals surface area contributed by atoms with Crippen molar-refractivity contribution in [2.75, 3.05) is 0 Å². The molecule has 0 radical (unpaired) electrons. The van der Waals surface area contributed by atoms with Crippen LogP contribution in [0.1, 0.15) is 11.5 Å². The van der Waals surface area contributed by atoms with Crippen molar-refractivity contribution in [3.63, 3.8) is 0 Å². The van der Waals surface area contributed by atoms with Crippen LogP contribution in [0.4, 0.5) is 0 Å². The van der Waals surface area contributed by atoms with Gasteiger partial charge in [-0.15, -0.1) is 0 Å². The number of hydrogen-bond donors (Lipinski definition) is 1. The molecule has 0 aliphatic heterocycles. The predicted octanol–water partition coefficient (Wildman–Crippen LogP) is 1.43. The Bertz CT molecular complexity index is 312. The molecular formula is C7H6N4S. The van der Waals surface area contributed by atoms with Crippen LogP contribution in [-0.2, 0) is 0 Å². The minimum absolute atomic E-state index is 0.731. The van der Waals surface area contributed by atoms with E-state index in [1.54, 1.807) is 18.0 Å². The summed E-state index contributed by atoms with van der Waals surface area (Å²) in [7, 11) is 0. The van der Waals surface area contributed by atoms with E-state index in [1.165, 1.54) is 11.5 Å². The minimum Gasteiger partial charge on any atom is -0.345 e. The first kappa shape index (κ1) is 7.17. The summed E-state index contributed by atoms with van der Waals surface area (Å²) in [6.07, 6.45) is 7.09. The molecule has 2 aromatic heterocycles. The molecule has 0 atom stereocenters. The molecule has 0 saturated carbocycles. The number of rotatable bonds is 2. The third-order valence-corrected chi connectivity index (χ3v) is 1.80. The maximum absolute atomic E-state index is 4.03. The summed E-state index contributed by atoms with van der Waals surface area (Å²) in [6.45, 7) is 0. The highest BCUT2D eigenvalue weighted by atomic mass is 32.1. The second-order valence-electron chi connectivity index (χ2n) is 2.13. The van der Waals surface area contributed by atoms with Crippen LogP contribution in [0, 0.1) is 0 Å². The number of aromatic amines is 1. The molecule has 0 aliphatic carbocycles. The fraction of sp³-hybridized carbons (Fsp3) is 0. The quantitative estimate of drug-likeness (QED) is 0.756. The SMILES string of the molecule is C(=Cc1cnc[nH]1)c1ncsn1. The second-order valence-corrected chi connectivity index (χ2v) is 2.73. The van der Waals surface area contributed by atoms with E-state index in [2.05, 4.69) is 19.3 Å². The summed E-state index contributed by atoms with van der Waals surface area (Å²) in [5.41, 5.74) is 2.65. The Morgan fingerprint density at radius 1 is 1.42 bits per heavy atom. The average molecular weight is 178 g/mol. The van der Waals surface area contributed by atoms with Gasteiger partial charge >= 0.3 is 0 Å². The molecule has 1 N–H and O–H groups in total. The molecule has 4 nitrogen and oxygen atoms in total. The number of nitrogens with zero attached hydrogens (tertiary/aromatic N) is 3. The Labute approximate surface area is 73.2 Å². The van der Waals surface area contributed by atoms with E-state index in [9.17, 15) is 0 Å². The van der Waals surface area contributed by atoms with E-state index in [-0.39, 0.29) is 0 Å². The molecule has 0 saturated heterocycles. The molecule has 2 heterocycles. The predicted molar refractivity (Wildman–Crippen MR) is 47.4 cm³/mol. The standard InChI is InChI=1S/C7H6N4S/c1(6-3-8-4-9-6)2-7-10-5-12-11-7/h1-5H,(H,8,9). The van der Waals surface area contributed by atoms with Crippen LogP contribution in [0.15, 0.2) is 18.0 Å². The smallest absolute Gasteiger partial charge is 0.165 e. The summed E-state index contributed by atoms with van der Waals surface area (Å²) in [5.74, 6) is 0.731. The van der Waals surface area contributed by atoms with Crippen molar-refractivity contribution in [1.82, 2.24) is 19.3 Å². The van der Waals surface area contributed by atoms with Gasteiger partial charge in [0.15, 0.2) is 5.82 Å². The molecule has 0 spiro atoms. The van der Waals surface area contributed by atoms with Crippen LogP contribution in [0.5, 0.6) is 0 Å². The lowest BCUT2D eigenvalue weighted by atomic mass is 10.4. The molecule has 2 aromatic rings. The van der Waals surface area contributed by atoms with Gasteiger partial charge in [-0.05, 0) is 23.7 Å². The Morgan fingerprint density at radius 3 is 3.08 bits per heavy atom. The first-order valence-electron chi connectivity index (χ1n) is 3.38. The monoisotopic (exact) mass is 178 g/mol. The van der Waals surface area contributed by atoms with Crippen LogP contribution in [0.3, 0.4) is 0 Å². The van der Waals surface area contributed by atoms with Crippen molar-refractivity contribution in [3.05, 3.63) is 29.6 Å². The van der Waals surface area contributed by atoms with Crippen LogP contribution >= 0.6 is 11.5 Å². The highest BCUT2D eigenvalue weighted by molar-refractivity contribution is 7.03. The molecule has 2 rings (SSSR count). The lowest BCUT2D eigenvalue weighted by Crippen LogP contribution is -1.72. The van der Waals surface area contributed by atoms with E-state index >= 15 is 0 Å². The largest absolute Gasteiger partial charge is 0.345 e. The minimum atomic E-state index is 0.731. The van der Waals surface area contributed by atoms with Gasteiger partial charge in [0, 0.05) is 0 Å². The third kappa shape index (κ3) is 1.57. The van der Waals surface area contributed by atoms with E-state index in [0.29, 0.717) is 0 Å². The van der Waals surface area contributed by atoms with E-state index < -0.39 is 0 Å². The molecule has 0 aromatic carbocycles. The van der Waals surface area contributed by atoms with Crippen LogP contribution in [0.25, 0.3) is 12.2 Å². The topological polar surface area (TPSA) is 54.5 Å². The van der Waals surface area contributed by atoms with Gasteiger partial charge in [-0.1, -0.05) is 0 Å². The van der Waals surface area contributed by atoms with Gasteiger partial charge in [0.2, 0.25) is 0 Å². The van der Waals surface area contributed by atoms with Gasteiger partial charge in [-0.25, -0.2) is 9.97 Å². The lowest BCUT2D eigenvalue weighted by molar-refractivity contribution is 1.28. The summed E-state index contributed by atoms with van der Waals surface area (Å²) in [4.78, 5) is 10.8. The van der Waals surface area contributed by atoms with Crippen molar-refractivity contribution in [2.45, 2.75) is 0 Å². The van der Waals surface area contributed by atoms with E-state index in [1.807, 2.05) is 12.2 Å². The summed E-state index contributed by atoms with van der Waals surface area (Å²) in [6, 6.07) is 0. The number of hydrogen-bond acceptors (Lipinski definition) is 4. The molecular weight excluding hydrogens is 172 g/mol. The molecule has 0 bridgehead atoms. The highest BCUT2D eigenvalue weighted by Gasteiger charge is 1.89. The number of imidazole rings is 1. The van der Waals surface area contributed by atoms with E-state index in [0.717, 1.165) is 11.5 Å². The Morgan fingerprint density at radius 2 is 2.42 bits per heavy atom. The first-order valence-corrected chi connectivity index (χ1v) is 4.21. The molecule has 12 heavy (non-hydrogen) atoms. The van der Waals surface area contributed by atoms with Gasteiger partial charge in [0.25, 0.3) is 0 Å². The van der Waals surface area contributed by atoms with Crippen molar-refractivity contribution in [2.24, 2.45) is 0 Å². The Kier molecular flexibility index (Phi) is 1.96. The fourth-order valence-electron chi connectivity index (χ4n) is 0.774. The van der Waals surface area contributed by atoms with Gasteiger partial charge in [-0.3, -0.25) is 0 Å². The summed E-state index contributed by atoms with van der Waals surface area (Å²) >= 11 is 1.34. The first-order chi connectivity index (χ1) is 5.95. The normalized spacial score (nSPS) is 11.0. The molecule has 0 aliphatic rings. The zero-order chi connectivity index (χ0) is 8.23. The van der Waals surface area contributed by atoms with Gasteiger partial charge in [-0.2, -0.15) is 4.37 Å². The van der Waals surface area contributed by atoms with Gasteiger partial charge in [0.05, 0.1) is 18.2 Å². The number of nitrogens with one attached hydrogen (secondary N) is 1. The average Bonchev–Trinajstić information content (AvgIpc) is 2.74. The summed E-state index contributed by atoms with van der Waals surface area (Å²) < 4.78 is 4.03. The van der Waals surface area contributed by atoms with Crippen molar-refractivity contribution in [1.29, 1.82) is 0 Å². The van der Waals surface area contributed by atoms with Crippen molar-refractivity contribution < 1.29 is 0 Å². The Balaban J connectivity index is 2.14. The maximum Gasteiger partial charge on any atom is 0.165 e. The lowest BCUT2D eigenvalue weighted by Gasteiger charge is -1.80. The van der Waals surface area contributed by atoms with Crippen LogP contribution < -0.4 is 0 Å². The number of H-pyrrole nitrogens is 1. The van der Waals surface area contributed by atoms with Crippen LogP contribution in [0.2, 0.25) is 0 Å². The zero-order valence-corrected chi connectivity index (χ0v) is 6.95. The molecule has 60 valence electrons. The van der Waals surface area contributed by atoms with Gasteiger partial charge in [0.1, 0.15) is 5.51 Å².